The number of aliphatic hydroxyl groups excluding tert-OH is 9. The van der Waals surface area contributed by atoms with Crippen LogP contribution in [0, 0.1) is 23.7 Å². The van der Waals surface area contributed by atoms with Crippen molar-refractivity contribution in [2.45, 2.75) is 255 Å². The first-order valence-corrected chi connectivity index (χ1v) is 29.9. The van der Waals surface area contributed by atoms with Crippen LogP contribution in [0.15, 0.2) is 0 Å². The molecular weight excluding hydrogens is 1030 g/mol. The first-order valence-electron chi connectivity index (χ1n) is 29.9. The Hall–Kier alpha value is -1.71. The van der Waals surface area contributed by atoms with Gasteiger partial charge in [0.2, 0.25) is 0 Å². The van der Waals surface area contributed by atoms with Gasteiger partial charge in [-0.1, -0.05) is 92.4 Å². The molecule has 3 rings (SSSR count). The van der Waals surface area contributed by atoms with Crippen molar-refractivity contribution in [1.82, 2.24) is 0 Å². The number of unbranched alkanes of at least 4 members (excludes halogenated alkanes) is 12. The number of rotatable bonds is 46. The molecule has 15 atom stereocenters. The molecule has 0 aromatic carbocycles. The van der Waals surface area contributed by atoms with Gasteiger partial charge in [-0.2, -0.15) is 0 Å². The van der Waals surface area contributed by atoms with Crippen LogP contribution in [0.4, 0.5) is 0 Å². The van der Waals surface area contributed by atoms with Crippen molar-refractivity contribution < 1.29 is 103 Å². The molecule has 79 heavy (non-hydrogen) atoms. The van der Waals surface area contributed by atoms with Gasteiger partial charge in [-0.3, -0.25) is 14.4 Å². The molecule has 9 N–H and O–H groups in total. The number of Topliss-reactive ketones (excluding diaryl/α,β-unsaturated/α-hetero) is 3. The van der Waals surface area contributed by atoms with Crippen LogP contribution in [0.2, 0.25) is 0 Å². The smallest absolute Gasteiger partial charge is 0.163 e. The summed E-state index contributed by atoms with van der Waals surface area (Å²) in [7, 11) is 0. The zero-order valence-electron chi connectivity index (χ0n) is 48.5. The van der Waals surface area contributed by atoms with Crippen molar-refractivity contribution in [2.24, 2.45) is 23.7 Å². The predicted molar refractivity (Wildman–Crippen MR) is 290 cm³/mol. The molecule has 21 heteroatoms. The van der Waals surface area contributed by atoms with Gasteiger partial charge in [-0.25, -0.2) is 0 Å². The molecule has 0 amide bonds. The van der Waals surface area contributed by atoms with Crippen LogP contribution in [0.3, 0.4) is 0 Å². The van der Waals surface area contributed by atoms with E-state index in [1.807, 2.05) is 0 Å². The Morgan fingerprint density at radius 1 is 0.405 bits per heavy atom. The quantitative estimate of drug-likeness (QED) is 0.0389. The number of aliphatic hydroxyl groups is 9. The number of ether oxygens (including phenoxy) is 9. The summed E-state index contributed by atoms with van der Waals surface area (Å²) < 4.78 is 53.2. The van der Waals surface area contributed by atoms with Crippen LogP contribution < -0.4 is 0 Å². The first-order chi connectivity index (χ1) is 37.9. The summed E-state index contributed by atoms with van der Waals surface area (Å²) in [4.78, 5) is 38.8. The lowest BCUT2D eigenvalue weighted by atomic mass is 9.92. The van der Waals surface area contributed by atoms with Crippen LogP contribution in [0.25, 0.3) is 0 Å². The highest BCUT2D eigenvalue weighted by Crippen LogP contribution is 2.30. The van der Waals surface area contributed by atoms with E-state index < -0.39 is 117 Å². The first kappa shape index (κ1) is 71.6. The molecule has 0 bridgehead atoms. The summed E-state index contributed by atoms with van der Waals surface area (Å²) in [5, 5.41) is 89.3. The lowest BCUT2D eigenvalue weighted by Gasteiger charge is -2.40. The monoisotopic (exact) mass is 1140 g/mol. The lowest BCUT2D eigenvalue weighted by molar-refractivity contribution is -0.282. The SMILES string of the molecule is CC(C)CC(COCCC(=O)CCCCCCCO[C@@H]1OC(CO)[C@H](O)[C@H](O)C1C)(COCCC(=O)CCCCCCCO[C@@H]1OC(CO)[C@H](O)[C@H](O)C1C)OCCC(=O)CCCCCCCO[C@@H]1OC(CO)[C@H](O)[C@H](O)C1C. The molecule has 0 aromatic rings. The van der Waals surface area contributed by atoms with E-state index in [4.69, 9.17) is 42.6 Å². The third-order valence-electron chi connectivity index (χ3n) is 15.6. The van der Waals surface area contributed by atoms with Crippen molar-refractivity contribution >= 4 is 17.3 Å². The fraction of sp³-hybridized carbons (Fsp3) is 0.948. The standard InChI is InChI=1S/C58H106O21/c1-39(2)33-58(76-32-26-45(64)23-17-11-8-14-20-29-75-57-42(5)51(67)54(70)48(36-61)79-57,37-71-30-24-43(62)21-15-9-6-12-18-27-73-55-40(3)49(65)52(68)46(34-59)77-55)38-72-31-25-44(63)22-16-10-7-13-19-28-74-56-41(4)50(66)53(69)47(35-60)78-56/h39-42,46-57,59-61,65-70H,6-38H2,1-5H3/t40?,41?,42?,46?,47?,48?,49-,50-,51-,52+,53+,54+,55-,56-,57-,58?/m1/s1. The fourth-order valence-electron chi connectivity index (χ4n) is 10.4. The molecule has 0 aliphatic carbocycles. The Morgan fingerprint density at radius 2 is 0.696 bits per heavy atom. The second-order valence-electron chi connectivity index (χ2n) is 23.0. The largest absolute Gasteiger partial charge is 0.394 e. The predicted octanol–water partition coefficient (Wildman–Crippen LogP) is 4.00. The van der Waals surface area contributed by atoms with Gasteiger partial charge >= 0.3 is 0 Å². The van der Waals surface area contributed by atoms with E-state index in [1.54, 1.807) is 20.8 Å². The molecule has 464 valence electrons. The normalized spacial score (nSPS) is 30.2. The summed E-state index contributed by atoms with van der Waals surface area (Å²) in [6, 6.07) is 0. The number of carbonyl (C=O) groups excluding carboxylic acids is 3. The number of carbonyl (C=O) groups is 3. The second-order valence-corrected chi connectivity index (χ2v) is 23.0. The number of hydrogen-bond donors (Lipinski definition) is 9. The van der Waals surface area contributed by atoms with Gasteiger partial charge in [0, 0.05) is 76.1 Å². The van der Waals surface area contributed by atoms with Crippen molar-refractivity contribution in [3.05, 3.63) is 0 Å². The minimum atomic E-state index is -1.17. The topological polar surface area (TPSA) is 316 Å². The van der Waals surface area contributed by atoms with Gasteiger partial charge in [0.25, 0.3) is 0 Å². The Kier molecular flexibility index (Phi) is 36.7. The number of ketones is 3. The Bertz CT molecular complexity index is 1530. The molecular formula is C58H106O21. The van der Waals surface area contributed by atoms with E-state index >= 15 is 0 Å². The highest BCUT2D eigenvalue weighted by atomic mass is 16.7. The molecule has 3 aliphatic heterocycles. The van der Waals surface area contributed by atoms with Gasteiger partial charge in [0.05, 0.1) is 71.2 Å². The number of hydrogen-bond acceptors (Lipinski definition) is 21. The summed E-state index contributed by atoms with van der Waals surface area (Å²) in [6.07, 6.45) is 3.74. The lowest BCUT2D eigenvalue weighted by Crippen LogP contribution is -2.55. The van der Waals surface area contributed by atoms with Crippen LogP contribution in [-0.2, 0) is 57.0 Å². The van der Waals surface area contributed by atoms with E-state index in [-0.39, 0.29) is 75.6 Å². The molecule has 3 fully saturated rings. The van der Waals surface area contributed by atoms with E-state index in [0.29, 0.717) is 45.5 Å². The molecule has 3 saturated heterocycles. The zero-order valence-corrected chi connectivity index (χ0v) is 48.5. The summed E-state index contributed by atoms with van der Waals surface area (Å²) >= 11 is 0. The molecule has 21 nitrogen and oxygen atoms in total. The van der Waals surface area contributed by atoms with Crippen LogP contribution in [0.1, 0.15) is 176 Å². The molecule has 0 spiro atoms. The average molecular weight is 1140 g/mol. The van der Waals surface area contributed by atoms with Crippen molar-refractivity contribution in [3.8, 4) is 0 Å². The molecule has 0 saturated carbocycles. The summed E-state index contributed by atoms with van der Waals surface area (Å²) in [5.74, 6) is -0.832. The van der Waals surface area contributed by atoms with Gasteiger partial charge in [-0.15, -0.1) is 0 Å². The Labute approximate surface area is 470 Å². The Balaban J connectivity index is 1.37. The molecule has 3 aliphatic rings. The van der Waals surface area contributed by atoms with Gasteiger partial charge < -0.3 is 88.6 Å². The van der Waals surface area contributed by atoms with Crippen molar-refractivity contribution in [1.29, 1.82) is 0 Å². The van der Waals surface area contributed by atoms with Gasteiger partial charge in [0.1, 0.15) is 59.6 Å². The van der Waals surface area contributed by atoms with Crippen LogP contribution in [0.5, 0.6) is 0 Å². The highest BCUT2D eigenvalue weighted by Gasteiger charge is 2.45. The summed E-state index contributed by atoms with van der Waals surface area (Å²) in [5.41, 5.74) is -0.904. The highest BCUT2D eigenvalue weighted by molar-refractivity contribution is 5.79. The maximum Gasteiger partial charge on any atom is 0.163 e. The van der Waals surface area contributed by atoms with Crippen LogP contribution in [-0.4, -0.2) is 215 Å². The van der Waals surface area contributed by atoms with Gasteiger partial charge in [-0.05, 0) is 50.9 Å². The Morgan fingerprint density at radius 3 is 1.00 bits per heavy atom. The van der Waals surface area contributed by atoms with E-state index in [0.717, 1.165) is 96.3 Å². The minimum Gasteiger partial charge on any atom is -0.394 e. The maximum absolute atomic E-state index is 13.1. The van der Waals surface area contributed by atoms with Crippen molar-refractivity contribution in [3.63, 3.8) is 0 Å². The van der Waals surface area contributed by atoms with E-state index in [2.05, 4.69) is 13.8 Å². The average Bonchev–Trinajstić information content (AvgIpc) is 3.42. The van der Waals surface area contributed by atoms with Gasteiger partial charge in [0.15, 0.2) is 18.9 Å². The minimum absolute atomic E-state index is 0.0925. The molecule has 6 unspecified atom stereocenters. The zero-order chi connectivity index (χ0) is 58.2. The van der Waals surface area contributed by atoms with E-state index in [1.165, 1.54) is 0 Å². The second kappa shape index (κ2) is 40.5. The van der Waals surface area contributed by atoms with Crippen LogP contribution >= 0.6 is 0 Å². The maximum atomic E-state index is 13.1. The summed E-state index contributed by atoms with van der Waals surface area (Å²) in [6.45, 7) is 10.2. The molecule has 3 heterocycles. The van der Waals surface area contributed by atoms with E-state index in [9.17, 15) is 60.3 Å². The fourth-order valence-corrected chi connectivity index (χ4v) is 10.4. The third-order valence-corrected chi connectivity index (χ3v) is 15.6. The third kappa shape index (κ3) is 26.8. The van der Waals surface area contributed by atoms with Crippen molar-refractivity contribution in [2.75, 3.05) is 72.7 Å². The molecule has 0 aromatic heterocycles. The molecule has 0 radical (unpaired) electrons.